The SMILES string of the molecule is COc1ccc2cc(C(=O)O)c(=O)oc2c1Cl. The summed E-state index contributed by atoms with van der Waals surface area (Å²) in [5, 5.41) is 9.34. The summed E-state index contributed by atoms with van der Waals surface area (Å²) < 4.78 is 9.84. The molecule has 1 heterocycles. The Hall–Kier alpha value is -2.01. The van der Waals surface area contributed by atoms with E-state index in [1.54, 1.807) is 12.1 Å². The lowest BCUT2D eigenvalue weighted by molar-refractivity contribution is 0.0692. The number of fused-ring (bicyclic) bond motifs is 1. The molecule has 0 saturated carbocycles. The summed E-state index contributed by atoms with van der Waals surface area (Å²) in [6.07, 6.45) is 0. The maximum absolute atomic E-state index is 11.4. The molecule has 0 unspecified atom stereocenters. The zero-order valence-corrected chi connectivity index (χ0v) is 9.45. The summed E-state index contributed by atoms with van der Waals surface area (Å²) in [6.45, 7) is 0. The molecule has 0 spiro atoms. The van der Waals surface area contributed by atoms with Crippen molar-refractivity contribution in [2.24, 2.45) is 0 Å². The van der Waals surface area contributed by atoms with Crippen LogP contribution < -0.4 is 10.4 Å². The summed E-state index contributed by atoms with van der Waals surface area (Å²) >= 11 is 5.94. The van der Waals surface area contributed by atoms with Crippen LogP contribution in [-0.2, 0) is 0 Å². The van der Waals surface area contributed by atoms with Crippen LogP contribution in [0.1, 0.15) is 10.4 Å². The van der Waals surface area contributed by atoms with Crippen molar-refractivity contribution >= 4 is 28.5 Å². The first kappa shape index (κ1) is 11.5. The predicted molar refractivity (Wildman–Crippen MR) is 61.0 cm³/mol. The largest absolute Gasteiger partial charge is 0.495 e. The molecule has 1 aromatic heterocycles. The van der Waals surface area contributed by atoms with Crippen LogP contribution in [0.2, 0.25) is 5.02 Å². The first-order valence-electron chi connectivity index (χ1n) is 4.58. The zero-order valence-electron chi connectivity index (χ0n) is 8.69. The number of methoxy groups -OCH3 is 1. The lowest BCUT2D eigenvalue weighted by atomic mass is 10.2. The minimum atomic E-state index is -1.34. The quantitative estimate of drug-likeness (QED) is 0.831. The van der Waals surface area contributed by atoms with Crippen LogP contribution in [0.3, 0.4) is 0 Å². The lowest BCUT2D eigenvalue weighted by Gasteiger charge is -2.05. The molecule has 5 nitrogen and oxygen atoms in total. The molecule has 0 atom stereocenters. The smallest absolute Gasteiger partial charge is 0.351 e. The van der Waals surface area contributed by atoms with E-state index in [9.17, 15) is 9.59 Å². The third-order valence-electron chi connectivity index (χ3n) is 2.26. The molecular weight excluding hydrogens is 248 g/mol. The maximum atomic E-state index is 11.4. The highest BCUT2D eigenvalue weighted by molar-refractivity contribution is 6.36. The number of ether oxygens (including phenoxy) is 1. The normalized spacial score (nSPS) is 10.5. The first-order chi connectivity index (χ1) is 8.04. The fourth-order valence-electron chi connectivity index (χ4n) is 1.44. The second-order valence-corrected chi connectivity index (χ2v) is 3.63. The van der Waals surface area contributed by atoms with Gasteiger partial charge in [-0.25, -0.2) is 9.59 Å². The van der Waals surface area contributed by atoms with Crippen molar-refractivity contribution in [2.75, 3.05) is 7.11 Å². The average Bonchev–Trinajstić information content (AvgIpc) is 2.29. The van der Waals surface area contributed by atoms with Gasteiger partial charge in [-0.2, -0.15) is 0 Å². The molecule has 0 aliphatic carbocycles. The van der Waals surface area contributed by atoms with Crippen molar-refractivity contribution in [3.8, 4) is 5.75 Å². The van der Waals surface area contributed by atoms with E-state index in [1.807, 2.05) is 0 Å². The van der Waals surface area contributed by atoms with Crippen molar-refractivity contribution in [3.05, 3.63) is 39.2 Å². The summed E-state index contributed by atoms with van der Waals surface area (Å²) in [6, 6.07) is 4.35. The van der Waals surface area contributed by atoms with Crippen LogP contribution in [0.15, 0.2) is 27.4 Å². The van der Waals surface area contributed by atoms with Gasteiger partial charge in [0.05, 0.1) is 7.11 Å². The number of hydrogen-bond donors (Lipinski definition) is 1. The van der Waals surface area contributed by atoms with E-state index >= 15 is 0 Å². The van der Waals surface area contributed by atoms with Gasteiger partial charge in [0.25, 0.3) is 0 Å². The zero-order chi connectivity index (χ0) is 12.6. The van der Waals surface area contributed by atoms with Gasteiger partial charge in [-0.3, -0.25) is 0 Å². The molecule has 1 aromatic carbocycles. The fraction of sp³-hybridized carbons (Fsp3) is 0.0909. The number of carboxylic acid groups (broad SMARTS) is 1. The summed E-state index contributed by atoms with van der Waals surface area (Å²) in [5.74, 6) is -0.988. The number of carboxylic acids is 1. The van der Waals surface area contributed by atoms with Crippen LogP contribution in [0.5, 0.6) is 5.75 Å². The van der Waals surface area contributed by atoms with Gasteiger partial charge in [-0.1, -0.05) is 11.6 Å². The number of benzene rings is 1. The van der Waals surface area contributed by atoms with Crippen molar-refractivity contribution in [1.82, 2.24) is 0 Å². The Labute approximate surface area is 100 Å². The average molecular weight is 255 g/mol. The molecule has 2 rings (SSSR count). The van der Waals surface area contributed by atoms with Crippen LogP contribution in [0.25, 0.3) is 11.0 Å². The third-order valence-corrected chi connectivity index (χ3v) is 2.61. The Kier molecular flexibility index (Phi) is 2.77. The number of carbonyl (C=O) groups is 1. The molecule has 6 heteroatoms. The molecule has 2 aromatic rings. The van der Waals surface area contributed by atoms with Gasteiger partial charge in [0.15, 0.2) is 5.58 Å². The first-order valence-corrected chi connectivity index (χ1v) is 4.96. The van der Waals surface area contributed by atoms with Crippen molar-refractivity contribution in [1.29, 1.82) is 0 Å². The molecule has 0 amide bonds. The molecule has 88 valence electrons. The summed E-state index contributed by atoms with van der Waals surface area (Å²) in [5.41, 5.74) is -1.26. The van der Waals surface area contributed by atoms with Crippen molar-refractivity contribution in [2.45, 2.75) is 0 Å². The summed E-state index contributed by atoms with van der Waals surface area (Å²) in [7, 11) is 1.43. The highest BCUT2D eigenvalue weighted by atomic mass is 35.5. The molecular formula is C11H7ClO5. The van der Waals surface area contributed by atoms with Gasteiger partial charge in [-0.05, 0) is 18.2 Å². The van der Waals surface area contributed by atoms with E-state index in [2.05, 4.69) is 0 Å². The number of aromatic carboxylic acids is 1. The van der Waals surface area contributed by atoms with E-state index in [0.717, 1.165) is 0 Å². The second-order valence-electron chi connectivity index (χ2n) is 3.25. The van der Waals surface area contributed by atoms with E-state index in [0.29, 0.717) is 11.1 Å². The van der Waals surface area contributed by atoms with Crippen LogP contribution >= 0.6 is 11.6 Å². The fourth-order valence-corrected chi connectivity index (χ4v) is 1.73. The molecule has 0 saturated heterocycles. The highest BCUT2D eigenvalue weighted by Gasteiger charge is 2.15. The van der Waals surface area contributed by atoms with E-state index < -0.39 is 17.2 Å². The number of hydrogen-bond acceptors (Lipinski definition) is 4. The monoisotopic (exact) mass is 254 g/mol. The Bertz CT molecular complexity index is 659. The van der Waals surface area contributed by atoms with Gasteiger partial charge in [-0.15, -0.1) is 0 Å². The Balaban J connectivity index is 2.83. The molecule has 0 fully saturated rings. The second kappa shape index (κ2) is 4.10. The van der Waals surface area contributed by atoms with Gasteiger partial charge in [0.2, 0.25) is 0 Å². The predicted octanol–water partition coefficient (Wildman–Crippen LogP) is 2.15. The van der Waals surface area contributed by atoms with Gasteiger partial charge < -0.3 is 14.3 Å². The Morgan fingerprint density at radius 2 is 2.18 bits per heavy atom. The van der Waals surface area contributed by atoms with Crippen molar-refractivity contribution < 1.29 is 19.1 Å². The number of rotatable bonds is 2. The van der Waals surface area contributed by atoms with Gasteiger partial charge in [0.1, 0.15) is 16.3 Å². The van der Waals surface area contributed by atoms with Gasteiger partial charge in [0, 0.05) is 5.39 Å². The number of halogens is 1. The lowest BCUT2D eigenvalue weighted by Crippen LogP contribution is -2.12. The standard InChI is InChI=1S/C11H7ClO5/c1-16-7-3-2-5-4-6(10(13)14)11(15)17-9(5)8(7)12/h2-4H,1H3,(H,13,14). The van der Waals surface area contributed by atoms with E-state index in [4.69, 9.17) is 25.9 Å². The molecule has 1 N–H and O–H groups in total. The summed E-state index contributed by atoms with van der Waals surface area (Å²) in [4.78, 5) is 22.1. The minimum Gasteiger partial charge on any atom is -0.495 e. The Morgan fingerprint density at radius 1 is 1.47 bits per heavy atom. The van der Waals surface area contributed by atoms with Crippen molar-refractivity contribution in [3.63, 3.8) is 0 Å². The topological polar surface area (TPSA) is 76.7 Å². The third kappa shape index (κ3) is 1.85. The minimum absolute atomic E-state index is 0.112. The Morgan fingerprint density at radius 3 is 2.76 bits per heavy atom. The molecule has 17 heavy (non-hydrogen) atoms. The maximum Gasteiger partial charge on any atom is 0.351 e. The van der Waals surface area contributed by atoms with E-state index in [1.165, 1.54) is 13.2 Å². The molecule has 0 radical (unpaired) electrons. The van der Waals surface area contributed by atoms with Crippen LogP contribution in [-0.4, -0.2) is 18.2 Å². The highest BCUT2D eigenvalue weighted by Crippen LogP contribution is 2.31. The molecule has 0 aliphatic rings. The molecule has 0 bridgehead atoms. The van der Waals surface area contributed by atoms with Gasteiger partial charge >= 0.3 is 11.6 Å². The molecule has 0 aliphatic heterocycles. The van der Waals surface area contributed by atoms with Crippen LogP contribution in [0.4, 0.5) is 0 Å². The van der Waals surface area contributed by atoms with E-state index in [-0.39, 0.29) is 10.6 Å². The van der Waals surface area contributed by atoms with Crippen LogP contribution in [0, 0.1) is 0 Å².